The lowest BCUT2D eigenvalue weighted by Gasteiger charge is -2.07. The van der Waals surface area contributed by atoms with Gasteiger partial charge in [0.2, 0.25) is 0 Å². The van der Waals surface area contributed by atoms with E-state index in [1.165, 1.54) is 17.3 Å². The molecule has 272 valence electrons. The molecule has 0 bridgehead atoms. The van der Waals surface area contributed by atoms with Crippen molar-refractivity contribution >= 4 is 55.9 Å². The average Bonchev–Trinajstić information content (AvgIpc) is 3.55. The van der Waals surface area contributed by atoms with Crippen molar-refractivity contribution < 1.29 is 28.0 Å². The maximum atomic E-state index is 13.9. The standard InChI is InChI=1S/C22H21FN2.C20H17FN2.2CO2/c1-3-12-25-15(2)19(20-13-17(23)9-11-22(20)25)14-18-10-8-16-6-4-5-7-21(16)24-18;1-13-17(18-11-15(21)8-10-20(18)23(13)2)12-16-9-7-14-5-3-4-6-19(14)22-16;2*2-1-3/h4-11,13H,3,12,14H2,1-2H3;3-11H,12H2,1-2H3;;. The van der Waals surface area contributed by atoms with Gasteiger partial charge in [0.05, 0.1) is 11.0 Å². The van der Waals surface area contributed by atoms with Crippen molar-refractivity contribution in [3.05, 3.63) is 155 Å². The second-order valence-electron chi connectivity index (χ2n) is 12.7. The van der Waals surface area contributed by atoms with Crippen LogP contribution in [0.5, 0.6) is 0 Å². The summed E-state index contributed by atoms with van der Waals surface area (Å²) in [6.45, 7) is 7.32. The van der Waals surface area contributed by atoms with E-state index in [9.17, 15) is 8.78 Å². The van der Waals surface area contributed by atoms with E-state index in [0.717, 1.165) is 79.2 Å². The van der Waals surface area contributed by atoms with Gasteiger partial charge >= 0.3 is 12.3 Å². The number of fused-ring (bicyclic) bond motifs is 4. The van der Waals surface area contributed by atoms with E-state index >= 15 is 0 Å². The Morgan fingerprint density at radius 3 is 1.54 bits per heavy atom. The third kappa shape index (κ3) is 8.54. The molecule has 0 saturated carbocycles. The topological polar surface area (TPSA) is 104 Å². The molecule has 0 radical (unpaired) electrons. The molecule has 0 aliphatic heterocycles. The largest absolute Gasteiger partial charge is 0.373 e. The fourth-order valence-corrected chi connectivity index (χ4v) is 6.88. The van der Waals surface area contributed by atoms with E-state index < -0.39 is 0 Å². The zero-order chi connectivity index (χ0) is 38.8. The number of pyridine rings is 2. The van der Waals surface area contributed by atoms with Gasteiger partial charge in [0.15, 0.2) is 0 Å². The van der Waals surface area contributed by atoms with E-state index in [4.69, 9.17) is 29.1 Å². The van der Waals surface area contributed by atoms with Crippen LogP contribution >= 0.6 is 0 Å². The monoisotopic (exact) mass is 724 g/mol. The van der Waals surface area contributed by atoms with E-state index in [1.54, 1.807) is 18.2 Å². The Bertz CT molecular complexity index is 2640. The Balaban J connectivity index is 0.000000182. The molecule has 0 saturated heterocycles. The molecule has 8 rings (SSSR count). The van der Waals surface area contributed by atoms with E-state index in [-0.39, 0.29) is 23.9 Å². The SMILES string of the molecule is CCCn1c(C)c(Cc2ccc3ccccc3n2)c2cc(F)ccc21.Cc1c(Cc2ccc3ccccc3n2)c2cc(F)ccc2n1C.O=C=O.O=C=O. The molecule has 0 amide bonds. The lowest BCUT2D eigenvalue weighted by molar-refractivity contribution is -0.193. The average molecular weight is 725 g/mol. The normalized spacial score (nSPS) is 10.5. The summed E-state index contributed by atoms with van der Waals surface area (Å²) in [5.41, 5.74) is 10.9. The summed E-state index contributed by atoms with van der Waals surface area (Å²) >= 11 is 0. The van der Waals surface area contributed by atoms with Gasteiger partial charge in [-0.3, -0.25) is 9.97 Å². The minimum absolute atomic E-state index is 0.186. The first-order valence-corrected chi connectivity index (χ1v) is 17.3. The van der Waals surface area contributed by atoms with Crippen molar-refractivity contribution in [2.45, 2.75) is 46.6 Å². The molecule has 8 nitrogen and oxygen atoms in total. The Kier molecular flexibility index (Phi) is 12.7. The molecular formula is C44H38F2N4O4. The number of hydrogen-bond donors (Lipinski definition) is 0. The van der Waals surface area contributed by atoms with Gasteiger partial charge in [-0.15, -0.1) is 0 Å². The molecule has 0 spiro atoms. The van der Waals surface area contributed by atoms with Gasteiger partial charge in [0, 0.05) is 81.8 Å². The number of halogens is 2. The van der Waals surface area contributed by atoms with Crippen molar-refractivity contribution in [3.8, 4) is 0 Å². The predicted octanol–water partition coefficient (Wildman–Crippen LogP) is 9.24. The summed E-state index contributed by atoms with van der Waals surface area (Å²) in [5, 5.41) is 4.25. The summed E-state index contributed by atoms with van der Waals surface area (Å²) in [6, 6.07) is 34.6. The summed E-state index contributed by atoms with van der Waals surface area (Å²) in [5.74, 6) is -0.385. The lowest BCUT2D eigenvalue weighted by atomic mass is 10.0. The number of nitrogens with zero attached hydrogens (tertiary/aromatic N) is 4. The number of benzene rings is 4. The number of aryl methyl sites for hydroxylation is 2. The second-order valence-corrected chi connectivity index (χ2v) is 12.7. The predicted molar refractivity (Wildman–Crippen MR) is 204 cm³/mol. The minimum atomic E-state index is -0.198. The molecule has 8 aromatic rings. The second kappa shape index (κ2) is 17.8. The first-order valence-electron chi connectivity index (χ1n) is 17.3. The third-order valence-electron chi connectivity index (χ3n) is 9.48. The van der Waals surface area contributed by atoms with Crippen LogP contribution in [0.25, 0.3) is 43.6 Å². The van der Waals surface area contributed by atoms with Crippen LogP contribution in [0.1, 0.15) is 47.2 Å². The molecule has 0 atom stereocenters. The molecule has 10 heteroatoms. The van der Waals surface area contributed by atoms with E-state index in [0.29, 0.717) is 12.8 Å². The summed E-state index contributed by atoms with van der Waals surface area (Å²) in [4.78, 5) is 42.0. The highest BCUT2D eigenvalue weighted by Gasteiger charge is 2.16. The number of para-hydroxylation sites is 2. The molecule has 0 unspecified atom stereocenters. The van der Waals surface area contributed by atoms with Crippen LogP contribution in [0.15, 0.2) is 109 Å². The number of rotatable bonds is 6. The van der Waals surface area contributed by atoms with Gasteiger partial charge in [-0.05, 0) is 92.1 Å². The fraction of sp³-hybridized carbons (Fsp3) is 0.182. The molecule has 0 fully saturated rings. The fourth-order valence-electron chi connectivity index (χ4n) is 6.88. The van der Waals surface area contributed by atoms with Crippen molar-refractivity contribution in [1.82, 2.24) is 19.1 Å². The number of hydrogen-bond acceptors (Lipinski definition) is 6. The van der Waals surface area contributed by atoms with Crippen molar-refractivity contribution in [3.63, 3.8) is 0 Å². The minimum Gasteiger partial charge on any atom is -0.348 e. The van der Waals surface area contributed by atoms with Gasteiger partial charge in [-0.25, -0.2) is 8.78 Å². The Morgan fingerprint density at radius 1 is 0.593 bits per heavy atom. The summed E-state index contributed by atoms with van der Waals surface area (Å²) in [7, 11) is 2.02. The van der Waals surface area contributed by atoms with Crippen molar-refractivity contribution in [2.24, 2.45) is 7.05 Å². The van der Waals surface area contributed by atoms with Gasteiger partial charge in [-0.2, -0.15) is 19.2 Å². The maximum Gasteiger partial charge on any atom is 0.373 e. The molecule has 54 heavy (non-hydrogen) atoms. The van der Waals surface area contributed by atoms with Crippen molar-refractivity contribution in [2.75, 3.05) is 0 Å². The maximum absolute atomic E-state index is 13.9. The number of carbonyl (C=O) groups excluding carboxylic acids is 4. The summed E-state index contributed by atoms with van der Waals surface area (Å²) in [6.07, 6.45) is 2.97. The Labute approximate surface area is 310 Å². The van der Waals surface area contributed by atoms with E-state index in [1.807, 2.05) is 55.6 Å². The van der Waals surface area contributed by atoms with Crippen LogP contribution in [-0.2, 0) is 45.6 Å². The molecule has 0 aliphatic rings. The van der Waals surface area contributed by atoms with Crippen LogP contribution in [0.2, 0.25) is 0 Å². The Hall–Kier alpha value is -6.60. The highest BCUT2D eigenvalue weighted by molar-refractivity contribution is 5.87. The first kappa shape index (κ1) is 38.6. The number of aromatic nitrogens is 4. The van der Waals surface area contributed by atoms with Crippen LogP contribution in [-0.4, -0.2) is 31.4 Å². The smallest absolute Gasteiger partial charge is 0.348 e. The highest BCUT2D eigenvalue weighted by atomic mass is 19.1. The third-order valence-corrected chi connectivity index (χ3v) is 9.48. The molecule has 0 N–H and O–H groups in total. The van der Waals surface area contributed by atoms with Crippen molar-refractivity contribution in [1.29, 1.82) is 0 Å². The summed E-state index contributed by atoms with van der Waals surface area (Å²) < 4.78 is 32.0. The van der Waals surface area contributed by atoms with Crippen LogP contribution < -0.4 is 0 Å². The molecule has 0 aliphatic carbocycles. The molecular weight excluding hydrogens is 687 g/mol. The van der Waals surface area contributed by atoms with Crippen LogP contribution in [0.3, 0.4) is 0 Å². The Morgan fingerprint density at radius 2 is 1.04 bits per heavy atom. The van der Waals surface area contributed by atoms with Gasteiger partial charge in [-0.1, -0.05) is 55.5 Å². The zero-order valence-electron chi connectivity index (χ0n) is 30.4. The van der Waals surface area contributed by atoms with Gasteiger partial charge in [0.25, 0.3) is 0 Å². The molecule has 4 aromatic heterocycles. The van der Waals surface area contributed by atoms with Crippen LogP contribution in [0, 0.1) is 25.5 Å². The lowest BCUT2D eigenvalue weighted by Crippen LogP contribution is -2.00. The van der Waals surface area contributed by atoms with Crippen LogP contribution in [0.4, 0.5) is 8.78 Å². The van der Waals surface area contributed by atoms with Gasteiger partial charge in [0.1, 0.15) is 11.6 Å². The molecule has 4 heterocycles. The van der Waals surface area contributed by atoms with E-state index in [2.05, 4.69) is 66.3 Å². The quantitative estimate of drug-likeness (QED) is 0.169. The highest BCUT2D eigenvalue weighted by Crippen LogP contribution is 2.30. The first-order chi connectivity index (χ1) is 26.1. The molecule has 4 aromatic carbocycles. The van der Waals surface area contributed by atoms with Gasteiger partial charge < -0.3 is 9.13 Å². The zero-order valence-corrected chi connectivity index (χ0v) is 30.4.